The van der Waals surface area contributed by atoms with Gasteiger partial charge >= 0.3 is 0 Å². The normalized spacial score (nSPS) is 22.5. The van der Waals surface area contributed by atoms with Gasteiger partial charge in [-0.2, -0.15) is 0 Å². The number of hydrogen-bond acceptors (Lipinski definition) is 4. The van der Waals surface area contributed by atoms with Gasteiger partial charge in [0.15, 0.2) is 11.5 Å². The highest BCUT2D eigenvalue weighted by molar-refractivity contribution is 7.99. The lowest BCUT2D eigenvalue weighted by Gasteiger charge is -2.18. The molecule has 0 N–H and O–H groups in total. The van der Waals surface area contributed by atoms with Crippen molar-refractivity contribution in [1.29, 1.82) is 0 Å². The molecule has 1 aromatic rings. The van der Waals surface area contributed by atoms with Crippen molar-refractivity contribution in [2.45, 2.75) is 11.0 Å². The Morgan fingerprint density at radius 2 is 2.00 bits per heavy atom. The average molecular weight is 224 g/mol. The van der Waals surface area contributed by atoms with Gasteiger partial charge in [-0.15, -0.1) is 11.8 Å². The van der Waals surface area contributed by atoms with E-state index in [0.717, 1.165) is 23.9 Å². The van der Waals surface area contributed by atoms with Gasteiger partial charge in [-0.25, -0.2) is 0 Å². The number of hydrogen-bond donors (Lipinski definition) is 0. The summed E-state index contributed by atoms with van der Waals surface area (Å²) in [5.74, 6) is 2.75. The Morgan fingerprint density at radius 3 is 2.80 bits per heavy atom. The Balaban J connectivity index is 1.71. The van der Waals surface area contributed by atoms with E-state index in [4.69, 9.17) is 14.2 Å². The molecule has 3 nitrogen and oxygen atoms in total. The Hall–Kier alpha value is -0.870. The van der Waals surface area contributed by atoms with Gasteiger partial charge in [-0.05, 0) is 18.2 Å². The zero-order chi connectivity index (χ0) is 10.1. The molecule has 0 aliphatic carbocycles. The summed E-state index contributed by atoms with van der Waals surface area (Å²) in [5.41, 5.74) is 0. The van der Waals surface area contributed by atoms with Crippen molar-refractivity contribution in [3.05, 3.63) is 18.2 Å². The molecule has 1 fully saturated rings. The first-order valence-electron chi connectivity index (χ1n) is 5.06. The van der Waals surface area contributed by atoms with Crippen molar-refractivity contribution >= 4 is 11.8 Å². The summed E-state index contributed by atoms with van der Waals surface area (Å²) >= 11 is 1.80. The van der Waals surface area contributed by atoms with E-state index in [1.807, 2.05) is 12.1 Å². The van der Waals surface area contributed by atoms with Crippen molar-refractivity contribution in [3.8, 4) is 11.5 Å². The SMILES string of the molecule is c1cc2c(cc1SCC1CO1)OCCO2. The molecule has 2 heterocycles. The molecule has 1 atom stereocenters. The summed E-state index contributed by atoms with van der Waals surface area (Å²) in [6.45, 7) is 2.21. The number of epoxide rings is 1. The average Bonchev–Trinajstić information content (AvgIpc) is 3.10. The second kappa shape index (κ2) is 3.94. The van der Waals surface area contributed by atoms with Gasteiger partial charge in [-0.3, -0.25) is 0 Å². The van der Waals surface area contributed by atoms with Gasteiger partial charge in [0.25, 0.3) is 0 Å². The number of rotatable bonds is 3. The fourth-order valence-electron chi connectivity index (χ4n) is 1.47. The van der Waals surface area contributed by atoms with Crippen LogP contribution in [0.2, 0.25) is 0 Å². The summed E-state index contributed by atoms with van der Waals surface area (Å²) in [6.07, 6.45) is 0.461. The third-order valence-corrected chi connectivity index (χ3v) is 3.48. The molecule has 2 aliphatic rings. The fourth-order valence-corrected chi connectivity index (χ4v) is 2.39. The van der Waals surface area contributed by atoms with Crippen molar-refractivity contribution < 1.29 is 14.2 Å². The predicted octanol–water partition coefficient (Wildman–Crippen LogP) is 1.95. The van der Waals surface area contributed by atoms with E-state index in [1.165, 1.54) is 4.90 Å². The summed E-state index contributed by atoms with van der Waals surface area (Å²) in [5, 5.41) is 0. The van der Waals surface area contributed by atoms with Crippen LogP contribution < -0.4 is 9.47 Å². The molecule has 1 unspecified atom stereocenters. The first-order chi connectivity index (χ1) is 7.42. The number of thioether (sulfide) groups is 1. The number of ether oxygens (including phenoxy) is 3. The first-order valence-corrected chi connectivity index (χ1v) is 6.04. The van der Waals surface area contributed by atoms with Crippen LogP contribution in [0.1, 0.15) is 0 Å². The van der Waals surface area contributed by atoms with Crippen LogP contribution in [0.3, 0.4) is 0 Å². The van der Waals surface area contributed by atoms with Gasteiger partial charge in [0, 0.05) is 10.6 Å². The van der Waals surface area contributed by atoms with Crippen LogP contribution in [0.25, 0.3) is 0 Å². The van der Waals surface area contributed by atoms with Crippen LogP contribution in [0.4, 0.5) is 0 Å². The van der Waals surface area contributed by atoms with Crippen LogP contribution in [-0.4, -0.2) is 31.7 Å². The van der Waals surface area contributed by atoms with Crippen LogP contribution in [0, 0.1) is 0 Å². The van der Waals surface area contributed by atoms with E-state index in [-0.39, 0.29) is 0 Å². The lowest BCUT2D eigenvalue weighted by atomic mass is 10.3. The molecule has 4 heteroatoms. The van der Waals surface area contributed by atoms with E-state index >= 15 is 0 Å². The van der Waals surface area contributed by atoms with Crippen LogP contribution in [0.15, 0.2) is 23.1 Å². The standard InChI is InChI=1S/C11H12O3S/c1-2-10-11(13-4-3-12-10)5-9(1)15-7-8-6-14-8/h1-2,5,8H,3-4,6-7H2. The minimum Gasteiger partial charge on any atom is -0.486 e. The van der Waals surface area contributed by atoms with Gasteiger partial charge in [0.1, 0.15) is 13.2 Å². The third-order valence-electron chi connectivity index (χ3n) is 2.35. The second-order valence-electron chi connectivity index (χ2n) is 3.57. The minimum absolute atomic E-state index is 0.461. The highest BCUT2D eigenvalue weighted by Gasteiger charge is 2.22. The van der Waals surface area contributed by atoms with Crippen molar-refractivity contribution in [1.82, 2.24) is 0 Å². The molecular formula is C11H12O3S. The molecule has 15 heavy (non-hydrogen) atoms. The van der Waals surface area contributed by atoms with E-state index in [0.29, 0.717) is 19.3 Å². The molecule has 3 rings (SSSR count). The quantitative estimate of drug-likeness (QED) is 0.580. The third kappa shape index (κ3) is 2.21. The fraction of sp³-hybridized carbons (Fsp3) is 0.455. The number of benzene rings is 1. The Labute approximate surface area is 92.7 Å². The summed E-state index contributed by atoms with van der Waals surface area (Å²) < 4.78 is 16.1. The molecule has 0 spiro atoms. The molecule has 0 bridgehead atoms. The lowest BCUT2D eigenvalue weighted by Crippen LogP contribution is -2.15. The Bertz CT molecular complexity index is 363. The van der Waals surface area contributed by atoms with E-state index in [2.05, 4.69) is 6.07 Å². The Kier molecular flexibility index (Phi) is 2.46. The molecule has 0 amide bonds. The maximum atomic E-state index is 5.52. The largest absolute Gasteiger partial charge is 0.486 e. The van der Waals surface area contributed by atoms with Crippen LogP contribution in [-0.2, 0) is 4.74 Å². The topological polar surface area (TPSA) is 31.0 Å². The molecule has 80 valence electrons. The highest BCUT2D eigenvalue weighted by atomic mass is 32.2. The monoisotopic (exact) mass is 224 g/mol. The van der Waals surface area contributed by atoms with E-state index in [1.54, 1.807) is 11.8 Å². The van der Waals surface area contributed by atoms with Gasteiger partial charge < -0.3 is 14.2 Å². The van der Waals surface area contributed by atoms with Crippen molar-refractivity contribution in [2.24, 2.45) is 0 Å². The minimum atomic E-state index is 0.461. The van der Waals surface area contributed by atoms with E-state index in [9.17, 15) is 0 Å². The smallest absolute Gasteiger partial charge is 0.162 e. The Morgan fingerprint density at radius 1 is 1.20 bits per heavy atom. The molecule has 1 aromatic carbocycles. The number of fused-ring (bicyclic) bond motifs is 1. The highest BCUT2D eigenvalue weighted by Crippen LogP contribution is 2.35. The molecule has 0 aromatic heterocycles. The lowest BCUT2D eigenvalue weighted by molar-refractivity contribution is 0.171. The second-order valence-corrected chi connectivity index (χ2v) is 4.67. The van der Waals surface area contributed by atoms with Gasteiger partial charge in [0.2, 0.25) is 0 Å². The summed E-state index contributed by atoms with van der Waals surface area (Å²) in [7, 11) is 0. The molecule has 1 saturated heterocycles. The zero-order valence-corrected chi connectivity index (χ0v) is 9.09. The summed E-state index contributed by atoms with van der Waals surface area (Å²) in [6, 6.07) is 6.09. The van der Waals surface area contributed by atoms with Crippen molar-refractivity contribution in [2.75, 3.05) is 25.6 Å². The molecule has 2 aliphatic heterocycles. The first kappa shape index (κ1) is 9.36. The maximum Gasteiger partial charge on any atom is 0.162 e. The van der Waals surface area contributed by atoms with Crippen LogP contribution >= 0.6 is 11.8 Å². The van der Waals surface area contributed by atoms with Crippen molar-refractivity contribution in [3.63, 3.8) is 0 Å². The zero-order valence-electron chi connectivity index (χ0n) is 8.27. The van der Waals surface area contributed by atoms with Gasteiger partial charge in [0.05, 0.1) is 12.7 Å². The van der Waals surface area contributed by atoms with Crippen LogP contribution in [0.5, 0.6) is 11.5 Å². The van der Waals surface area contributed by atoms with E-state index < -0.39 is 0 Å². The maximum absolute atomic E-state index is 5.52. The molecule has 0 radical (unpaired) electrons. The van der Waals surface area contributed by atoms with Gasteiger partial charge in [-0.1, -0.05) is 0 Å². The summed E-state index contributed by atoms with van der Waals surface area (Å²) in [4.78, 5) is 1.22. The predicted molar refractivity (Wildman–Crippen MR) is 57.9 cm³/mol. The molecular weight excluding hydrogens is 212 g/mol. The molecule has 0 saturated carbocycles.